The van der Waals surface area contributed by atoms with E-state index in [4.69, 9.17) is 0 Å². The largest absolute Gasteiger partial charge is 0.351 e. The standard InChI is InChI=1S/C16H22N2O2/c1-16(2,3)15(20)17-13-9-10-18(11-13)14(19)12-7-5-4-6-8-12/h4-8,13H,9-11H2,1-3H3,(H,17,20)/t13-/m0/s1. The molecule has 20 heavy (non-hydrogen) atoms. The van der Waals surface area contributed by atoms with Crippen LogP contribution in [-0.2, 0) is 4.79 Å². The van der Waals surface area contributed by atoms with Gasteiger partial charge in [0.2, 0.25) is 5.91 Å². The lowest BCUT2D eigenvalue weighted by atomic mass is 9.95. The van der Waals surface area contributed by atoms with Crippen molar-refractivity contribution in [2.24, 2.45) is 5.41 Å². The molecule has 1 N–H and O–H groups in total. The highest BCUT2D eigenvalue weighted by molar-refractivity contribution is 5.94. The van der Waals surface area contributed by atoms with Gasteiger partial charge in [-0.3, -0.25) is 9.59 Å². The molecule has 1 heterocycles. The lowest BCUT2D eigenvalue weighted by Crippen LogP contribution is -2.43. The minimum atomic E-state index is -0.392. The highest BCUT2D eigenvalue weighted by Crippen LogP contribution is 2.17. The van der Waals surface area contributed by atoms with Crippen LogP contribution in [0.25, 0.3) is 0 Å². The van der Waals surface area contributed by atoms with Crippen LogP contribution in [0, 0.1) is 5.41 Å². The van der Waals surface area contributed by atoms with Gasteiger partial charge in [0.25, 0.3) is 5.91 Å². The number of carbonyl (C=O) groups is 2. The zero-order valence-corrected chi connectivity index (χ0v) is 12.3. The van der Waals surface area contributed by atoms with Crippen molar-refractivity contribution in [2.75, 3.05) is 13.1 Å². The smallest absolute Gasteiger partial charge is 0.253 e. The zero-order chi connectivity index (χ0) is 14.8. The minimum absolute atomic E-state index is 0.0384. The van der Waals surface area contributed by atoms with Gasteiger partial charge in [0.05, 0.1) is 0 Å². The Kier molecular flexibility index (Phi) is 4.12. The van der Waals surface area contributed by atoms with Gasteiger partial charge < -0.3 is 10.2 Å². The molecule has 1 fully saturated rings. The Labute approximate surface area is 120 Å². The molecular formula is C16H22N2O2. The van der Waals surface area contributed by atoms with E-state index in [1.807, 2.05) is 56.0 Å². The van der Waals surface area contributed by atoms with Crippen LogP contribution in [0.4, 0.5) is 0 Å². The molecule has 1 aliphatic heterocycles. The summed E-state index contributed by atoms with van der Waals surface area (Å²) >= 11 is 0. The highest BCUT2D eigenvalue weighted by atomic mass is 16.2. The number of hydrogen-bond donors (Lipinski definition) is 1. The number of amides is 2. The lowest BCUT2D eigenvalue weighted by Gasteiger charge is -2.22. The molecule has 0 unspecified atom stereocenters. The average molecular weight is 274 g/mol. The first-order chi connectivity index (χ1) is 9.38. The summed E-state index contributed by atoms with van der Waals surface area (Å²) < 4.78 is 0. The van der Waals surface area contributed by atoms with E-state index in [9.17, 15) is 9.59 Å². The fourth-order valence-electron chi connectivity index (χ4n) is 2.23. The van der Waals surface area contributed by atoms with Crippen LogP contribution >= 0.6 is 0 Å². The summed E-state index contributed by atoms with van der Waals surface area (Å²) in [6, 6.07) is 9.33. The van der Waals surface area contributed by atoms with Crippen molar-refractivity contribution < 1.29 is 9.59 Å². The van der Waals surface area contributed by atoms with E-state index in [1.54, 1.807) is 0 Å². The van der Waals surface area contributed by atoms with Crippen LogP contribution < -0.4 is 5.32 Å². The SMILES string of the molecule is CC(C)(C)C(=O)N[C@H]1CCN(C(=O)c2ccccc2)C1. The Morgan fingerprint density at radius 2 is 1.85 bits per heavy atom. The third-order valence-corrected chi connectivity index (χ3v) is 3.51. The van der Waals surface area contributed by atoms with Gasteiger partial charge in [0.1, 0.15) is 0 Å². The summed E-state index contributed by atoms with van der Waals surface area (Å²) in [5.41, 5.74) is 0.312. The number of rotatable bonds is 2. The molecule has 1 saturated heterocycles. The van der Waals surface area contributed by atoms with Crippen molar-refractivity contribution >= 4 is 11.8 Å². The molecule has 2 rings (SSSR count). The molecule has 1 atom stereocenters. The molecule has 0 aromatic heterocycles. The molecule has 2 amide bonds. The summed E-state index contributed by atoms with van der Waals surface area (Å²) in [6.07, 6.45) is 0.820. The van der Waals surface area contributed by atoms with Crippen molar-refractivity contribution in [1.29, 1.82) is 0 Å². The third-order valence-electron chi connectivity index (χ3n) is 3.51. The zero-order valence-electron chi connectivity index (χ0n) is 12.3. The Bertz CT molecular complexity index is 491. The summed E-state index contributed by atoms with van der Waals surface area (Å²) in [4.78, 5) is 26.0. The van der Waals surface area contributed by atoms with Crippen molar-refractivity contribution in [3.63, 3.8) is 0 Å². The predicted octanol–water partition coefficient (Wildman–Crippen LogP) is 2.06. The summed E-state index contributed by atoms with van der Waals surface area (Å²) in [6.45, 7) is 6.97. The van der Waals surface area contributed by atoms with Crippen LogP contribution in [0.15, 0.2) is 30.3 Å². The first kappa shape index (κ1) is 14.6. The number of likely N-dealkylation sites (tertiary alicyclic amines) is 1. The quantitative estimate of drug-likeness (QED) is 0.897. The van der Waals surface area contributed by atoms with Crippen molar-refractivity contribution in [3.05, 3.63) is 35.9 Å². The van der Waals surface area contributed by atoms with Gasteiger partial charge in [-0.15, -0.1) is 0 Å². The van der Waals surface area contributed by atoms with Crippen molar-refractivity contribution in [3.8, 4) is 0 Å². The second-order valence-corrected chi connectivity index (χ2v) is 6.33. The van der Waals surface area contributed by atoms with Gasteiger partial charge in [-0.1, -0.05) is 39.0 Å². The van der Waals surface area contributed by atoms with Crippen LogP contribution in [-0.4, -0.2) is 35.8 Å². The number of nitrogens with one attached hydrogen (secondary N) is 1. The van der Waals surface area contributed by atoms with E-state index < -0.39 is 5.41 Å². The maximum atomic E-state index is 12.3. The Hall–Kier alpha value is -1.84. The van der Waals surface area contributed by atoms with Crippen molar-refractivity contribution in [1.82, 2.24) is 10.2 Å². The summed E-state index contributed by atoms with van der Waals surface area (Å²) in [5, 5.41) is 3.02. The average Bonchev–Trinajstić information content (AvgIpc) is 2.86. The van der Waals surface area contributed by atoms with Gasteiger partial charge in [-0.2, -0.15) is 0 Å². The molecule has 4 heteroatoms. The number of carbonyl (C=O) groups excluding carboxylic acids is 2. The van der Waals surface area contributed by atoms with Gasteiger partial charge in [0.15, 0.2) is 0 Å². The van der Waals surface area contributed by atoms with E-state index >= 15 is 0 Å². The number of nitrogens with zero attached hydrogens (tertiary/aromatic N) is 1. The summed E-state index contributed by atoms with van der Waals surface area (Å²) in [5.74, 6) is 0.0783. The molecule has 0 saturated carbocycles. The second kappa shape index (κ2) is 5.65. The molecule has 0 bridgehead atoms. The van der Waals surface area contributed by atoms with Gasteiger partial charge in [-0.05, 0) is 18.6 Å². The molecule has 1 aromatic rings. The minimum Gasteiger partial charge on any atom is -0.351 e. The number of benzene rings is 1. The van der Waals surface area contributed by atoms with E-state index in [0.29, 0.717) is 18.7 Å². The predicted molar refractivity (Wildman–Crippen MR) is 78.3 cm³/mol. The summed E-state index contributed by atoms with van der Waals surface area (Å²) in [7, 11) is 0. The van der Waals surface area contributed by atoms with E-state index in [1.165, 1.54) is 0 Å². The fourth-order valence-corrected chi connectivity index (χ4v) is 2.23. The monoisotopic (exact) mass is 274 g/mol. The van der Waals surface area contributed by atoms with Crippen LogP contribution in [0.3, 0.4) is 0 Å². The van der Waals surface area contributed by atoms with Crippen LogP contribution in [0.5, 0.6) is 0 Å². The molecule has 0 radical (unpaired) electrons. The third kappa shape index (κ3) is 3.38. The van der Waals surface area contributed by atoms with Gasteiger partial charge in [0, 0.05) is 30.1 Å². The molecule has 0 aliphatic carbocycles. The highest BCUT2D eigenvalue weighted by Gasteiger charge is 2.30. The Morgan fingerprint density at radius 1 is 1.20 bits per heavy atom. The topological polar surface area (TPSA) is 49.4 Å². The fraction of sp³-hybridized carbons (Fsp3) is 0.500. The number of hydrogen-bond acceptors (Lipinski definition) is 2. The van der Waals surface area contributed by atoms with E-state index in [-0.39, 0.29) is 17.9 Å². The molecular weight excluding hydrogens is 252 g/mol. The lowest BCUT2D eigenvalue weighted by molar-refractivity contribution is -0.129. The van der Waals surface area contributed by atoms with Crippen molar-refractivity contribution in [2.45, 2.75) is 33.2 Å². The van der Waals surface area contributed by atoms with Crippen LogP contribution in [0.2, 0.25) is 0 Å². The Balaban J connectivity index is 1.93. The molecule has 4 nitrogen and oxygen atoms in total. The van der Waals surface area contributed by atoms with Gasteiger partial charge >= 0.3 is 0 Å². The van der Waals surface area contributed by atoms with Crippen LogP contribution in [0.1, 0.15) is 37.6 Å². The molecule has 1 aromatic carbocycles. The molecule has 1 aliphatic rings. The molecule has 108 valence electrons. The Morgan fingerprint density at radius 3 is 2.45 bits per heavy atom. The first-order valence-electron chi connectivity index (χ1n) is 7.03. The maximum absolute atomic E-state index is 12.3. The normalized spacial score (nSPS) is 18.9. The second-order valence-electron chi connectivity index (χ2n) is 6.33. The van der Waals surface area contributed by atoms with Gasteiger partial charge in [-0.25, -0.2) is 0 Å². The van der Waals surface area contributed by atoms with E-state index in [0.717, 1.165) is 6.42 Å². The molecule has 0 spiro atoms. The van der Waals surface area contributed by atoms with E-state index in [2.05, 4.69) is 5.32 Å². The first-order valence-corrected chi connectivity index (χ1v) is 7.03. The maximum Gasteiger partial charge on any atom is 0.253 e.